The summed E-state index contributed by atoms with van der Waals surface area (Å²) in [4.78, 5) is 20.4. The number of rotatable bonds is 3. The number of hydrogen-bond acceptors (Lipinski definition) is 4. The van der Waals surface area contributed by atoms with Gasteiger partial charge in [-0.3, -0.25) is 9.20 Å². The zero-order chi connectivity index (χ0) is 19.4. The molecule has 1 amide bonds. The molecule has 5 rings (SSSR count). The van der Waals surface area contributed by atoms with Crippen LogP contribution in [0.25, 0.3) is 5.65 Å². The molecular formula is C20H17ClFN5O. The lowest BCUT2D eigenvalue weighted by Crippen LogP contribution is -2.31. The van der Waals surface area contributed by atoms with E-state index in [0.717, 1.165) is 30.6 Å². The molecule has 1 atom stereocenters. The number of primary amides is 1. The molecular weight excluding hydrogens is 381 g/mol. The van der Waals surface area contributed by atoms with Crippen molar-refractivity contribution in [1.29, 1.82) is 0 Å². The van der Waals surface area contributed by atoms with Gasteiger partial charge in [0, 0.05) is 35.9 Å². The number of carbonyl (C=O) groups is 1. The topological polar surface area (TPSA) is 66.9 Å². The minimum atomic E-state index is -0.529. The number of aromatic nitrogens is 2. The number of nitrogens with two attached hydrogens (primary N) is 1. The third-order valence-corrected chi connectivity index (χ3v) is 5.62. The Labute approximate surface area is 165 Å². The number of anilines is 1. The summed E-state index contributed by atoms with van der Waals surface area (Å²) in [6.45, 7) is 0.923. The van der Waals surface area contributed by atoms with Crippen molar-refractivity contribution in [2.24, 2.45) is 5.73 Å². The molecule has 2 N–H and O–H groups in total. The molecule has 0 radical (unpaired) electrons. The molecule has 0 aliphatic carbocycles. The SMILES string of the molecule is NC(=O)c1cnc2ccc(C3N4CCCC4=CN3c3ccc(F)c(Cl)c3)cn12. The van der Waals surface area contributed by atoms with E-state index in [0.29, 0.717) is 11.3 Å². The second kappa shape index (κ2) is 6.24. The first kappa shape index (κ1) is 17.1. The summed E-state index contributed by atoms with van der Waals surface area (Å²) in [5.74, 6) is -0.974. The van der Waals surface area contributed by atoms with Crippen LogP contribution in [0.3, 0.4) is 0 Å². The van der Waals surface area contributed by atoms with Gasteiger partial charge in [0.25, 0.3) is 5.91 Å². The Morgan fingerprint density at radius 2 is 2.14 bits per heavy atom. The maximum atomic E-state index is 13.7. The van der Waals surface area contributed by atoms with E-state index in [1.54, 1.807) is 16.5 Å². The van der Waals surface area contributed by atoms with Crippen LogP contribution in [0.2, 0.25) is 5.02 Å². The minimum absolute atomic E-state index is 0.0859. The summed E-state index contributed by atoms with van der Waals surface area (Å²) in [7, 11) is 0. The number of halogens is 2. The van der Waals surface area contributed by atoms with Crippen molar-refractivity contribution in [3.05, 3.63) is 76.7 Å². The van der Waals surface area contributed by atoms with Gasteiger partial charge in [0.05, 0.1) is 11.2 Å². The number of hydrogen-bond donors (Lipinski definition) is 1. The number of imidazole rings is 1. The van der Waals surface area contributed by atoms with Crippen molar-refractivity contribution < 1.29 is 9.18 Å². The van der Waals surface area contributed by atoms with Gasteiger partial charge in [0.1, 0.15) is 23.3 Å². The molecule has 1 saturated heterocycles. The molecule has 0 saturated carbocycles. The minimum Gasteiger partial charge on any atom is -0.364 e. The average Bonchev–Trinajstić information content (AvgIpc) is 3.36. The summed E-state index contributed by atoms with van der Waals surface area (Å²) in [5, 5.41) is 0.0859. The molecule has 6 nitrogen and oxygen atoms in total. The van der Waals surface area contributed by atoms with Crippen LogP contribution in [-0.4, -0.2) is 26.7 Å². The maximum absolute atomic E-state index is 13.7. The number of carbonyl (C=O) groups excluding carboxylic acids is 1. The maximum Gasteiger partial charge on any atom is 0.267 e. The van der Waals surface area contributed by atoms with Crippen molar-refractivity contribution >= 4 is 28.8 Å². The zero-order valence-electron chi connectivity index (χ0n) is 14.8. The lowest BCUT2D eigenvalue weighted by molar-refractivity contribution is 0.0994. The van der Waals surface area contributed by atoms with Crippen LogP contribution in [0.5, 0.6) is 0 Å². The molecule has 4 heterocycles. The number of benzene rings is 1. The van der Waals surface area contributed by atoms with Crippen LogP contribution in [0, 0.1) is 5.82 Å². The van der Waals surface area contributed by atoms with Crippen molar-refractivity contribution in [1.82, 2.24) is 14.3 Å². The van der Waals surface area contributed by atoms with Gasteiger partial charge in [0.2, 0.25) is 0 Å². The van der Waals surface area contributed by atoms with E-state index < -0.39 is 11.7 Å². The van der Waals surface area contributed by atoms with E-state index in [9.17, 15) is 9.18 Å². The van der Waals surface area contributed by atoms with E-state index in [1.165, 1.54) is 18.0 Å². The number of amides is 1. The van der Waals surface area contributed by atoms with E-state index in [-0.39, 0.29) is 11.2 Å². The lowest BCUT2D eigenvalue weighted by Gasteiger charge is -2.32. The molecule has 2 aromatic heterocycles. The Hall–Kier alpha value is -3.06. The van der Waals surface area contributed by atoms with Gasteiger partial charge < -0.3 is 15.5 Å². The van der Waals surface area contributed by atoms with Crippen LogP contribution in [0.15, 0.2) is 54.6 Å². The first-order valence-electron chi connectivity index (χ1n) is 9.00. The molecule has 1 fully saturated rings. The molecule has 1 aromatic carbocycles. The third kappa shape index (κ3) is 2.54. The van der Waals surface area contributed by atoms with Gasteiger partial charge in [-0.1, -0.05) is 11.6 Å². The van der Waals surface area contributed by atoms with Gasteiger partial charge in [-0.05, 0) is 43.2 Å². The summed E-state index contributed by atoms with van der Waals surface area (Å²) >= 11 is 6.03. The monoisotopic (exact) mass is 397 g/mol. The van der Waals surface area contributed by atoms with Gasteiger partial charge in [-0.25, -0.2) is 9.37 Å². The normalized spacial score (nSPS) is 18.6. The summed E-state index contributed by atoms with van der Waals surface area (Å²) in [6, 6.07) is 8.59. The molecule has 1 unspecified atom stereocenters. The molecule has 142 valence electrons. The van der Waals surface area contributed by atoms with E-state index in [2.05, 4.69) is 21.0 Å². The summed E-state index contributed by atoms with van der Waals surface area (Å²) in [6.07, 6.45) is 7.41. The standard InChI is InChI=1S/C20H17ClFN5O/c21-15-8-13(4-5-16(15)22)26-11-14-2-1-7-25(14)20(26)12-3-6-18-24-9-17(19(23)28)27(18)10-12/h3-6,8-11,20H,1-2,7H2,(H2,23,28). The number of nitrogens with zero attached hydrogens (tertiary/aromatic N) is 4. The van der Waals surface area contributed by atoms with E-state index in [1.807, 2.05) is 18.3 Å². The van der Waals surface area contributed by atoms with Gasteiger partial charge >= 0.3 is 0 Å². The molecule has 0 spiro atoms. The van der Waals surface area contributed by atoms with Crippen molar-refractivity contribution in [3.8, 4) is 0 Å². The van der Waals surface area contributed by atoms with Crippen molar-refractivity contribution in [3.63, 3.8) is 0 Å². The number of pyridine rings is 1. The van der Waals surface area contributed by atoms with Crippen LogP contribution in [-0.2, 0) is 0 Å². The third-order valence-electron chi connectivity index (χ3n) is 5.33. The second-order valence-electron chi connectivity index (χ2n) is 7.00. The van der Waals surface area contributed by atoms with Gasteiger partial charge in [-0.2, -0.15) is 0 Å². The van der Waals surface area contributed by atoms with Crippen LogP contribution in [0.4, 0.5) is 10.1 Å². The summed E-state index contributed by atoms with van der Waals surface area (Å²) in [5.41, 5.74) is 9.48. The highest BCUT2D eigenvalue weighted by atomic mass is 35.5. The lowest BCUT2D eigenvalue weighted by atomic mass is 10.1. The molecule has 28 heavy (non-hydrogen) atoms. The average molecular weight is 398 g/mol. The van der Waals surface area contributed by atoms with E-state index >= 15 is 0 Å². The highest BCUT2D eigenvalue weighted by Gasteiger charge is 2.37. The molecule has 2 aliphatic rings. The zero-order valence-corrected chi connectivity index (χ0v) is 15.6. The Balaban J connectivity index is 1.63. The Morgan fingerprint density at radius 3 is 2.93 bits per heavy atom. The Kier molecular flexibility index (Phi) is 3.80. The first-order chi connectivity index (χ1) is 13.5. The van der Waals surface area contributed by atoms with Crippen LogP contribution < -0.4 is 10.6 Å². The second-order valence-corrected chi connectivity index (χ2v) is 7.40. The molecule has 3 aromatic rings. The first-order valence-corrected chi connectivity index (χ1v) is 9.38. The molecule has 2 aliphatic heterocycles. The van der Waals surface area contributed by atoms with Crippen molar-refractivity contribution in [2.75, 3.05) is 11.4 Å². The predicted octanol–water partition coefficient (Wildman–Crippen LogP) is 3.68. The Bertz CT molecular complexity index is 1140. The Morgan fingerprint density at radius 1 is 1.29 bits per heavy atom. The highest BCUT2D eigenvalue weighted by molar-refractivity contribution is 6.31. The quantitative estimate of drug-likeness (QED) is 0.732. The number of allylic oxidation sites excluding steroid dienone is 1. The van der Waals surface area contributed by atoms with Crippen LogP contribution in [0.1, 0.15) is 35.1 Å². The molecule has 8 heteroatoms. The number of fused-ring (bicyclic) bond motifs is 2. The molecule has 0 bridgehead atoms. The smallest absolute Gasteiger partial charge is 0.267 e. The van der Waals surface area contributed by atoms with Gasteiger partial charge in [0.15, 0.2) is 0 Å². The van der Waals surface area contributed by atoms with E-state index in [4.69, 9.17) is 17.3 Å². The summed E-state index contributed by atoms with van der Waals surface area (Å²) < 4.78 is 15.4. The largest absolute Gasteiger partial charge is 0.364 e. The fourth-order valence-corrected chi connectivity index (χ4v) is 4.23. The van der Waals surface area contributed by atoms with Crippen LogP contribution >= 0.6 is 11.6 Å². The van der Waals surface area contributed by atoms with Gasteiger partial charge in [-0.15, -0.1) is 0 Å². The predicted molar refractivity (Wildman–Crippen MR) is 104 cm³/mol. The van der Waals surface area contributed by atoms with Crippen molar-refractivity contribution in [2.45, 2.75) is 19.0 Å². The fourth-order valence-electron chi connectivity index (χ4n) is 4.05. The highest BCUT2D eigenvalue weighted by Crippen LogP contribution is 2.43. The fraction of sp³-hybridized carbons (Fsp3) is 0.200.